The lowest BCUT2D eigenvalue weighted by atomic mass is 10.00. The molecule has 45 heavy (non-hydrogen) atoms. The number of hydrogen-bond donors (Lipinski definition) is 9. The fourth-order valence-electron chi connectivity index (χ4n) is 4.83. The molecule has 0 aliphatic carbocycles. The number of rotatable bonds is 11. The topological polar surface area (TPSA) is 346 Å². The normalized spacial score (nSPS) is 31.2. The monoisotopic (exact) mass is 676 g/mol. The molecule has 2 saturated heterocycles. The molecular weight excluding hydrogens is 646 g/mol. The summed E-state index contributed by atoms with van der Waals surface area (Å²) in [4.78, 5) is 43.5. The van der Waals surface area contributed by atoms with Gasteiger partial charge in [-0.1, -0.05) is 12.1 Å². The third-order valence-electron chi connectivity index (χ3n) is 7.04. The minimum absolute atomic E-state index is 0.0260. The van der Waals surface area contributed by atoms with Crippen molar-refractivity contribution < 1.29 is 61.9 Å². The molecule has 0 saturated carbocycles. The van der Waals surface area contributed by atoms with Gasteiger partial charge in [-0.05, 0) is 17.7 Å². The number of carbonyl (C=O) groups is 1. The first-order valence-electron chi connectivity index (χ1n) is 13.0. The second-order valence-corrected chi connectivity index (χ2v) is 13.1. The number of nitrogen functional groups attached to an aromatic ring is 2. The summed E-state index contributed by atoms with van der Waals surface area (Å²) in [7, 11) is -10.7. The van der Waals surface area contributed by atoms with Crippen LogP contribution in [-0.4, -0.2) is 100 Å². The molecular formula is C22H30N8O13P2. The zero-order chi connectivity index (χ0) is 32.8. The number of amides is 1. The fourth-order valence-corrected chi connectivity index (χ4v) is 6.92. The predicted molar refractivity (Wildman–Crippen MR) is 149 cm³/mol. The molecule has 2 fully saturated rings. The summed E-state index contributed by atoms with van der Waals surface area (Å²) in [6.45, 7) is -1.67. The highest BCUT2D eigenvalue weighted by molar-refractivity contribution is 7.61. The molecule has 5 rings (SSSR count). The van der Waals surface area contributed by atoms with E-state index in [1.54, 1.807) is 0 Å². The van der Waals surface area contributed by atoms with E-state index in [-0.39, 0.29) is 34.1 Å². The van der Waals surface area contributed by atoms with Gasteiger partial charge in [0.25, 0.3) is 0 Å². The number of fused-ring (bicyclic) bond motifs is 1. The van der Waals surface area contributed by atoms with E-state index in [0.29, 0.717) is 0 Å². The second-order valence-electron chi connectivity index (χ2n) is 10.1. The summed E-state index contributed by atoms with van der Waals surface area (Å²) in [5, 5.41) is 31.4. The van der Waals surface area contributed by atoms with Crippen LogP contribution in [0.3, 0.4) is 0 Å². The van der Waals surface area contributed by atoms with E-state index in [1.807, 2.05) is 0 Å². The van der Waals surface area contributed by atoms with Gasteiger partial charge in [-0.15, -0.1) is 0 Å². The van der Waals surface area contributed by atoms with Crippen LogP contribution in [0.2, 0.25) is 0 Å². The highest BCUT2D eigenvalue weighted by atomic mass is 31.3. The summed E-state index contributed by atoms with van der Waals surface area (Å²) < 4.78 is 51.3. The van der Waals surface area contributed by atoms with Gasteiger partial charge in [0.2, 0.25) is 11.9 Å². The van der Waals surface area contributed by atoms with Crippen molar-refractivity contribution in [1.82, 2.24) is 19.5 Å². The Labute approximate surface area is 252 Å². The van der Waals surface area contributed by atoms with Crippen molar-refractivity contribution in [3.05, 3.63) is 41.7 Å². The van der Waals surface area contributed by atoms with Gasteiger partial charge in [0.05, 0.1) is 25.6 Å². The molecule has 21 nitrogen and oxygen atoms in total. The van der Waals surface area contributed by atoms with Gasteiger partial charge in [0.15, 0.2) is 17.7 Å². The number of benzene rings is 1. The van der Waals surface area contributed by atoms with Crippen molar-refractivity contribution in [3.63, 3.8) is 0 Å². The SMILES string of the molecule is NC(=O)c1cccc(C2OC(COP(=O)(O)OP(=O)(O)OCC3OC(n4cnc5c(N)nc(N)nc54)C(O)C3N)C(O)C2O)c1. The molecule has 0 spiro atoms. The molecule has 0 radical (unpaired) electrons. The maximum absolute atomic E-state index is 12.5. The van der Waals surface area contributed by atoms with Crippen molar-refractivity contribution in [2.24, 2.45) is 11.5 Å². The third kappa shape index (κ3) is 7.00. The fraction of sp³-hybridized carbons (Fsp3) is 0.455. The van der Waals surface area contributed by atoms with Crippen molar-refractivity contribution in [1.29, 1.82) is 0 Å². The van der Waals surface area contributed by atoms with Crippen molar-refractivity contribution in [2.45, 2.75) is 48.9 Å². The average molecular weight is 676 g/mol. The van der Waals surface area contributed by atoms with E-state index >= 15 is 0 Å². The zero-order valence-corrected chi connectivity index (χ0v) is 24.7. The first kappa shape index (κ1) is 33.2. The highest BCUT2D eigenvalue weighted by Gasteiger charge is 2.47. The molecule has 10 unspecified atom stereocenters. The lowest BCUT2D eigenvalue weighted by molar-refractivity contribution is -0.0486. The number of nitrogens with two attached hydrogens (primary N) is 4. The molecule has 4 heterocycles. The Balaban J connectivity index is 1.17. The summed E-state index contributed by atoms with van der Waals surface area (Å²) >= 11 is 0. The molecule has 10 atom stereocenters. The Hall–Kier alpha value is -3.14. The molecule has 2 aliphatic rings. The van der Waals surface area contributed by atoms with Crippen LogP contribution in [0.1, 0.15) is 28.3 Å². The quantitative estimate of drug-likeness (QED) is 0.0971. The van der Waals surface area contributed by atoms with Gasteiger partial charge < -0.3 is 57.5 Å². The highest BCUT2D eigenvalue weighted by Crippen LogP contribution is 2.60. The number of imidazole rings is 1. The Morgan fingerprint density at radius 2 is 1.64 bits per heavy atom. The Bertz CT molecular complexity index is 1680. The van der Waals surface area contributed by atoms with Crippen LogP contribution in [-0.2, 0) is 32.0 Å². The zero-order valence-electron chi connectivity index (χ0n) is 22.9. The number of carbonyl (C=O) groups excluding carboxylic acids is 1. The van der Waals surface area contributed by atoms with E-state index in [4.69, 9.17) is 41.5 Å². The number of hydrogen-bond acceptors (Lipinski definition) is 17. The van der Waals surface area contributed by atoms with Crippen LogP contribution in [0, 0.1) is 0 Å². The summed E-state index contributed by atoms with van der Waals surface area (Å²) in [5.74, 6) is -0.941. The Morgan fingerprint density at radius 1 is 0.978 bits per heavy atom. The number of phosphoric ester groups is 2. The number of aromatic nitrogens is 4. The minimum Gasteiger partial charge on any atom is -0.387 e. The van der Waals surface area contributed by atoms with Gasteiger partial charge in [-0.25, -0.2) is 14.1 Å². The van der Waals surface area contributed by atoms with Crippen LogP contribution >= 0.6 is 15.6 Å². The largest absolute Gasteiger partial charge is 0.481 e. The number of ether oxygens (including phenoxy) is 2. The number of primary amides is 1. The molecule has 1 aromatic carbocycles. The first-order valence-corrected chi connectivity index (χ1v) is 16.0. The second kappa shape index (κ2) is 12.6. The maximum Gasteiger partial charge on any atom is 0.481 e. The summed E-state index contributed by atoms with van der Waals surface area (Å²) in [5.41, 5.74) is 23.4. The predicted octanol–water partition coefficient (Wildman–Crippen LogP) is -2.21. The standard InChI is InChI=1S/C22H30N8O13P2/c23-12-10(42-21(15(12)32)30-7-27-13-18(24)28-22(26)29-20(13)30)5-39-44(35,36)43-45(37,38)40-6-11-14(31)16(33)17(41-11)8-2-1-3-9(4-8)19(25)34/h1-4,7,10-12,14-17,21,31-33H,5-6,23H2,(H2,25,34)(H,35,36)(H,37,38)(H4,24,26,28,29). The summed E-state index contributed by atoms with van der Waals surface area (Å²) in [6.07, 6.45) is -8.36. The summed E-state index contributed by atoms with van der Waals surface area (Å²) in [6, 6.07) is 4.54. The van der Waals surface area contributed by atoms with E-state index in [9.17, 15) is 39.0 Å². The molecule has 1 amide bonds. The van der Waals surface area contributed by atoms with Gasteiger partial charge in [-0.2, -0.15) is 14.3 Å². The number of phosphoric acid groups is 2. The van der Waals surface area contributed by atoms with Gasteiger partial charge in [0, 0.05) is 5.56 Å². The molecule has 13 N–H and O–H groups in total. The minimum atomic E-state index is -5.35. The number of nitrogens with zero attached hydrogens (tertiary/aromatic N) is 4. The van der Waals surface area contributed by atoms with Crippen LogP contribution in [0.15, 0.2) is 30.6 Å². The lowest BCUT2D eigenvalue weighted by Gasteiger charge is -2.21. The van der Waals surface area contributed by atoms with E-state index in [1.165, 1.54) is 35.2 Å². The van der Waals surface area contributed by atoms with Crippen LogP contribution in [0.5, 0.6) is 0 Å². The van der Waals surface area contributed by atoms with Crippen molar-refractivity contribution in [3.8, 4) is 0 Å². The van der Waals surface area contributed by atoms with Crippen molar-refractivity contribution in [2.75, 3.05) is 24.7 Å². The van der Waals surface area contributed by atoms with E-state index in [0.717, 1.165) is 0 Å². The Kier molecular flexibility index (Phi) is 9.28. The maximum atomic E-state index is 12.5. The lowest BCUT2D eigenvalue weighted by Crippen LogP contribution is -2.41. The molecule has 23 heteroatoms. The van der Waals surface area contributed by atoms with Gasteiger partial charge >= 0.3 is 15.6 Å². The Morgan fingerprint density at radius 3 is 2.31 bits per heavy atom. The van der Waals surface area contributed by atoms with Gasteiger partial charge in [-0.3, -0.25) is 18.4 Å². The van der Waals surface area contributed by atoms with Crippen LogP contribution in [0.4, 0.5) is 11.8 Å². The molecule has 0 bridgehead atoms. The van der Waals surface area contributed by atoms with Crippen LogP contribution < -0.4 is 22.9 Å². The van der Waals surface area contributed by atoms with Crippen LogP contribution in [0.25, 0.3) is 11.2 Å². The average Bonchev–Trinajstić information content (AvgIpc) is 3.60. The number of aliphatic hydroxyl groups is 3. The molecule has 246 valence electrons. The van der Waals surface area contributed by atoms with Gasteiger partial charge in [0.1, 0.15) is 42.1 Å². The third-order valence-corrected chi connectivity index (χ3v) is 9.64. The molecule has 2 aliphatic heterocycles. The van der Waals surface area contributed by atoms with Crippen molar-refractivity contribution >= 4 is 44.5 Å². The van der Waals surface area contributed by atoms with E-state index < -0.39 is 83.7 Å². The smallest absolute Gasteiger partial charge is 0.387 e. The first-order chi connectivity index (χ1) is 21.1. The molecule has 3 aromatic rings. The number of anilines is 2. The van der Waals surface area contributed by atoms with E-state index in [2.05, 4.69) is 19.3 Å². The number of aliphatic hydroxyl groups excluding tert-OH is 3. The molecule has 2 aromatic heterocycles.